The van der Waals surface area contributed by atoms with E-state index in [1.54, 1.807) is 6.21 Å². The number of hydrogen-bond acceptors (Lipinski definition) is 7. The van der Waals surface area contributed by atoms with Crippen LogP contribution in [0.2, 0.25) is 5.02 Å². The number of hydrazone groups is 1. The van der Waals surface area contributed by atoms with E-state index in [9.17, 15) is 9.59 Å². The molecule has 49 heavy (non-hydrogen) atoms. The number of rotatable bonds is 14. The summed E-state index contributed by atoms with van der Waals surface area (Å²) in [5, 5.41) is 7.33. The molecule has 0 fully saturated rings. The summed E-state index contributed by atoms with van der Waals surface area (Å²) in [6.45, 7) is 9.80. The van der Waals surface area contributed by atoms with Gasteiger partial charge in [0, 0.05) is 34.8 Å². The van der Waals surface area contributed by atoms with Crippen LogP contribution in [-0.4, -0.2) is 18.2 Å². The van der Waals surface area contributed by atoms with Gasteiger partial charge in [-0.15, -0.1) is 0 Å². The van der Waals surface area contributed by atoms with Gasteiger partial charge in [-0.1, -0.05) is 97.1 Å². The van der Waals surface area contributed by atoms with Crippen LogP contribution in [0.3, 0.4) is 0 Å². The van der Waals surface area contributed by atoms with Crippen molar-refractivity contribution in [3.8, 4) is 0 Å². The number of nitrogens with zero attached hydrogens (tertiary/aromatic N) is 3. The zero-order valence-electron chi connectivity index (χ0n) is 27.2. The minimum Gasteiger partial charge on any atom is -0.458 e. The molecule has 0 atom stereocenters. The second-order valence-electron chi connectivity index (χ2n) is 11.1. The summed E-state index contributed by atoms with van der Waals surface area (Å²) in [5.74, 6) is -0.963. The quantitative estimate of drug-likeness (QED) is 0.0508. The number of ether oxygens (including phenoxy) is 2. The molecule has 0 bridgehead atoms. The summed E-state index contributed by atoms with van der Waals surface area (Å²) in [5.41, 5.74) is 8.22. The molecule has 8 heteroatoms. The highest BCUT2D eigenvalue weighted by Gasteiger charge is 2.15. The van der Waals surface area contributed by atoms with Gasteiger partial charge in [-0.25, -0.2) is 9.59 Å². The normalized spacial score (nSPS) is 10.7. The predicted octanol–water partition coefficient (Wildman–Crippen LogP) is 9.62. The summed E-state index contributed by atoms with van der Waals surface area (Å²) in [6.07, 6.45) is 4.05. The van der Waals surface area contributed by atoms with Crippen molar-refractivity contribution < 1.29 is 19.1 Å². The monoisotopic (exact) mass is 669 g/mol. The number of esters is 2. The fraction of sp³-hybridized carbons (Fsp3) is 0.0976. The molecule has 0 unspecified atom stereocenters. The van der Waals surface area contributed by atoms with Gasteiger partial charge in [0.1, 0.15) is 13.2 Å². The molecule has 246 valence electrons. The van der Waals surface area contributed by atoms with Crippen LogP contribution in [0.25, 0.3) is 0 Å². The average Bonchev–Trinajstić information content (AvgIpc) is 3.13. The van der Waals surface area contributed by atoms with Crippen LogP contribution in [0.1, 0.15) is 27.8 Å². The molecular weight excluding hydrogens is 634 g/mol. The van der Waals surface area contributed by atoms with Crippen LogP contribution in [0.5, 0.6) is 0 Å². The van der Waals surface area contributed by atoms with Gasteiger partial charge in [-0.05, 0) is 78.2 Å². The number of hydrogen-bond donors (Lipinski definition) is 0. The molecule has 0 saturated heterocycles. The number of aryl methyl sites for hydroxylation is 1. The minimum absolute atomic E-state index is 0.132. The third-order valence-electron chi connectivity index (χ3n) is 7.57. The van der Waals surface area contributed by atoms with Crippen LogP contribution >= 0.6 is 11.6 Å². The summed E-state index contributed by atoms with van der Waals surface area (Å²) in [6, 6.07) is 39.7. The van der Waals surface area contributed by atoms with E-state index in [2.05, 4.69) is 61.4 Å². The number of anilines is 4. The zero-order chi connectivity index (χ0) is 34.6. The summed E-state index contributed by atoms with van der Waals surface area (Å²) >= 11 is 6.93. The molecule has 0 radical (unpaired) electrons. The Bertz CT molecular complexity index is 1860. The Labute approximate surface area is 292 Å². The number of halogens is 1. The lowest BCUT2D eigenvalue weighted by Crippen LogP contribution is -2.16. The second kappa shape index (κ2) is 16.8. The van der Waals surface area contributed by atoms with Gasteiger partial charge in [0.25, 0.3) is 0 Å². The SMILES string of the molecule is C=CC(=O)OCc1ccc(N(c2ccc(COC(=O)C=C)cc2)c2ccc(C=NN(Cc3ccccc3)c3ccc(C)cc3)c(Cl)c2)cc1. The number of benzene rings is 5. The smallest absolute Gasteiger partial charge is 0.330 e. The highest BCUT2D eigenvalue weighted by Crippen LogP contribution is 2.37. The van der Waals surface area contributed by atoms with Gasteiger partial charge in [0.2, 0.25) is 0 Å². The van der Waals surface area contributed by atoms with Crippen LogP contribution in [0.4, 0.5) is 22.7 Å². The Morgan fingerprint density at radius 2 is 1.18 bits per heavy atom. The maximum atomic E-state index is 11.6. The Morgan fingerprint density at radius 1 is 0.673 bits per heavy atom. The summed E-state index contributed by atoms with van der Waals surface area (Å²) in [4.78, 5) is 25.2. The Hall–Kier alpha value is -5.92. The van der Waals surface area contributed by atoms with E-state index in [4.69, 9.17) is 26.2 Å². The fourth-order valence-corrected chi connectivity index (χ4v) is 5.14. The zero-order valence-corrected chi connectivity index (χ0v) is 27.9. The Morgan fingerprint density at radius 3 is 1.69 bits per heavy atom. The molecule has 0 N–H and O–H groups in total. The first-order valence-corrected chi connectivity index (χ1v) is 16.0. The van der Waals surface area contributed by atoms with E-state index in [1.165, 1.54) is 5.56 Å². The molecule has 0 amide bonds. The van der Waals surface area contributed by atoms with Crippen LogP contribution in [-0.2, 0) is 38.8 Å². The molecule has 5 aromatic carbocycles. The molecule has 0 aliphatic heterocycles. The molecular formula is C41H36ClN3O4. The van der Waals surface area contributed by atoms with Crippen molar-refractivity contribution in [2.45, 2.75) is 26.7 Å². The van der Waals surface area contributed by atoms with Crippen molar-refractivity contribution >= 4 is 52.5 Å². The van der Waals surface area contributed by atoms with Crippen LogP contribution in [0.15, 0.2) is 152 Å². The first-order chi connectivity index (χ1) is 23.8. The topological polar surface area (TPSA) is 71.4 Å². The van der Waals surface area contributed by atoms with E-state index in [0.29, 0.717) is 11.6 Å². The summed E-state index contributed by atoms with van der Waals surface area (Å²) in [7, 11) is 0. The van der Waals surface area contributed by atoms with Crippen molar-refractivity contribution in [2.24, 2.45) is 5.10 Å². The van der Waals surface area contributed by atoms with Crippen LogP contribution in [0, 0.1) is 6.92 Å². The molecule has 0 spiro atoms. The van der Waals surface area contributed by atoms with Crippen molar-refractivity contribution in [1.82, 2.24) is 0 Å². The van der Waals surface area contributed by atoms with Gasteiger partial charge < -0.3 is 14.4 Å². The molecule has 0 aliphatic carbocycles. The maximum Gasteiger partial charge on any atom is 0.330 e. The van der Waals surface area contributed by atoms with E-state index in [1.807, 2.05) is 89.9 Å². The predicted molar refractivity (Wildman–Crippen MR) is 198 cm³/mol. The van der Waals surface area contributed by atoms with Gasteiger partial charge in [-0.3, -0.25) is 5.01 Å². The van der Waals surface area contributed by atoms with Crippen molar-refractivity contribution in [2.75, 3.05) is 9.91 Å². The van der Waals surface area contributed by atoms with E-state index in [0.717, 1.165) is 57.2 Å². The first-order valence-electron chi connectivity index (χ1n) is 15.6. The number of carbonyl (C=O) groups is 2. The lowest BCUT2D eigenvalue weighted by Gasteiger charge is -2.26. The Balaban J connectivity index is 1.44. The van der Waals surface area contributed by atoms with Crippen molar-refractivity contribution in [3.05, 3.63) is 179 Å². The van der Waals surface area contributed by atoms with E-state index < -0.39 is 11.9 Å². The van der Waals surface area contributed by atoms with Crippen molar-refractivity contribution in [1.29, 1.82) is 0 Å². The van der Waals surface area contributed by atoms with E-state index >= 15 is 0 Å². The third kappa shape index (κ3) is 9.56. The number of carbonyl (C=O) groups excluding carboxylic acids is 2. The van der Waals surface area contributed by atoms with Gasteiger partial charge >= 0.3 is 11.9 Å². The highest BCUT2D eigenvalue weighted by atomic mass is 35.5. The average molecular weight is 670 g/mol. The highest BCUT2D eigenvalue weighted by molar-refractivity contribution is 6.33. The molecule has 5 rings (SSSR count). The maximum absolute atomic E-state index is 11.6. The molecule has 0 saturated carbocycles. The fourth-order valence-electron chi connectivity index (χ4n) is 4.92. The molecule has 5 aromatic rings. The molecule has 0 heterocycles. The van der Waals surface area contributed by atoms with Gasteiger partial charge in [-0.2, -0.15) is 5.10 Å². The second-order valence-corrected chi connectivity index (χ2v) is 11.5. The lowest BCUT2D eigenvalue weighted by atomic mass is 10.1. The largest absolute Gasteiger partial charge is 0.458 e. The standard InChI is InChI=1S/C41H36ClN3O4/c1-4-40(46)48-28-32-13-20-36(21-14-32)45(37-22-15-33(16-23-37)29-49-41(47)5-2)38-24-17-34(39(42)25-38)26-43-44(27-31-9-7-6-8-10-31)35-18-11-30(3)12-19-35/h4-26H,1-2,27-29H2,3H3. The van der Waals surface area contributed by atoms with Crippen LogP contribution < -0.4 is 9.91 Å². The van der Waals surface area contributed by atoms with Crippen molar-refractivity contribution in [3.63, 3.8) is 0 Å². The van der Waals surface area contributed by atoms with Gasteiger partial charge in [0.15, 0.2) is 0 Å². The van der Waals surface area contributed by atoms with Gasteiger partial charge in [0.05, 0.1) is 23.5 Å². The third-order valence-corrected chi connectivity index (χ3v) is 7.90. The Kier molecular flexibility index (Phi) is 11.8. The molecule has 0 aliphatic rings. The molecule has 7 nitrogen and oxygen atoms in total. The van der Waals surface area contributed by atoms with E-state index in [-0.39, 0.29) is 13.2 Å². The lowest BCUT2D eigenvalue weighted by molar-refractivity contribution is -0.139. The minimum atomic E-state index is -0.482. The first kappa shape index (κ1) is 34.4. The summed E-state index contributed by atoms with van der Waals surface area (Å²) < 4.78 is 10.4. The molecule has 0 aromatic heterocycles.